The lowest BCUT2D eigenvalue weighted by atomic mass is 10.1. The maximum Gasteiger partial charge on any atom is 0.306 e. The molecule has 0 radical (unpaired) electrons. The van der Waals surface area contributed by atoms with Gasteiger partial charge in [-0.05, 0) is 28.8 Å². The summed E-state index contributed by atoms with van der Waals surface area (Å²) in [4.78, 5) is 13.6. The van der Waals surface area contributed by atoms with Gasteiger partial charge in [0.15, 0.2) is 6.10 Å². The van der Waals surface area contributed by atoms with Crippen LogP contribution in [0.15, 0.2) is 84.9 Å². The Morgan fingerprint density at radius 2 is 1.18 bits per heavy atom. The number of amides is 1. The summed E-state index contributed by atoms with van der Waals surface area (Å²) >= 11 is 0. The molecule has 0 spiro atoms. The lowest BCUT2D eigenvalue weighted by Crippen LogP contribution is -2.29. The fourth-order valence-electron chi connectivity index (χ4n) is 3.23. The van der Waals surface area contributed by atoms with E-state index in [-0.39, 0.29) is 24.5 Å². The van der Waals surface area contributed by atoms with Crippen molar-refractivity contribution in [2.45, 2.75) is 19.3 Å². The molecule has 3 unspecified atom stereocenters. The molecule has 0 saturated heterocycles. The molecule has 3 aromatic carbocycles. The summed E-state index contributed by atoms with van der Waals surface area (Å²) in [6.45, 7) is -0.406. The van der Waals surface area contributed by atoms with E-state index in [2.05, 4.69) is 0 Å². The maximum absolute atomic E-state index is 13.6. The first-order valence-corrected chi connectivity index (χ1v) is 17.6. The summed E-state index contributed by atoms with van der Waals surface area (Å²) in [6, 6.07) is 21.8. The van der Waals surface area contributed by atoms with Crippen molar-refractivity contribution in [2.75, 3.05) is 12.5 Å². The molecule has 0 N–H and O–H groups in total. The maximum atomic E-state index is 13.6. The summed E-state index contributed by atoms with van der Waals surface area (Å²) in [5, 5.41) is 0. The van der Waals surface area contributed by atoms with Crippen molar-refractivity contribution in [3.05, 3.63) is 102 Å². The summed E-state index contributed by atoms with van der Waals surface area (Å²) in [5.41, 5.74) is 1.14. The van der Waals surface area contributed by atoms with Gasteiger partial charge in [0.25, 0.3) is 32.4 Å². The Kier molecular flexibility index (Phi) is 11.2. The molecule has 0 aliphatic rings. The molecule has 3 rings (SSSR count). The Balaban J connectivity index is 1.93. The van der Waals surface area contributed by atoms with Crippen LogP contribution in [0.3, 0.4) is 0 Å². The molecule has 0 aliphatic carbocycles. The van der Waals surface area contributed by atoms with Gasteiger partial charge >= 0.3 is 10.1 Å². The van der Waals surface area contributed by atoms with Crippen molar-refractivity contribution in [2.24, 2.45) is 0 Å². The molecule has 12 nitrogen and oxygen atoms in total. The molecule has 0 saturated carbocycles. The minimum absolute atomic E-state index is 0.0861. The molecule has 216 valence electrons. The van der Waals surface area contributed by atoms with Crippen molar-refractivity contribution >= 4 is 42.5 Å². The second kappa shape index (κ2) is 14.2. The third kappa shape index (κ3) is 10.3. The Labute approximate surface area is 233 Å². The first-order chi connectivity index (χ1) is 18.8. The number of hydrogen-bond donors (Lipinski definition) is 0. The Hall–Kier alpha value is -2.83. The van der Waals surface area contributed by atoms with Crippen LogP contribution in [-0.4, -0.2) is 39.7 Å². The molecule has 3 aromatic rings. The lowest BCUT2D eigenvalue weighted by Gasteiger charge is -2.25. The van der Waals surface area contributed by atoms with Gasteiger partial charge in [0.05, 0.1) is 25.7 Å². The highest BCUT2D eigenvalue weighted by Crippen LogP contribution is 2.48. The Morgan fingerprint density at radius 3 is 1.57 bits per heavy atom. The van der Waals surface area contributed by atoms with Crippen LogP contribution in [0.25, 0.3) is 0 Å². The van der Waals surface area contributed by atoms with Crippen molar-refractivity contribution in [1.82, 2.24) is 4.44 Å². The molecule has 40 heavy (non-hydrogen) atoms. The van der Waals surface area contributed by atoms with Crippen LogP contribution in [0.2, 0.25) is 0 Å². The van der Waals surface area contributed by atoms with Gasteiger partial charge in [-0.15, -0.1) is 0 Å². The van der Waals surface area contributed by atoms with E-state index in [1.165, 1.54) is 12.1 Å². The van der Waals surface area contributed by atoms with E-state index in [0.717, 1.165) is 18.4 Å². The van der Waals surface area contributed by atoms with Crippen molar-refractivity contribution in [3.8, 4) is 5.75 Å². The number of benzene rings is 3. The average molecular weight is 632 g/mol. The summed E-state index contributed by atoms with van der Waals surface area (Å²) in [6.07, 6.45) is -0.424. The minimum atomic E-state index is -4.29. The van der Waals surface area contributed by atoms with Crippen molar-refractivity contribution < 1.29 is 48.2 Å². The third-order valence-corrected chi connectivity index (χ3v) is 9.01. The van der Waals surface area contributed by atoms with Gasteiger partial charge in [-0.1, -0.05) is 72.8 Å². The first kappa shape index (κ1) is 31.7. The van der Waals surface area contributed by atoms with Crippen LogP contribution in [0, 0.1) is 0 Å². The van der Waals surface area contributed by atoms with Crippen LogP contribution in [0.4, 0.5) is 0 Å². The Bertz CT molecular complexity index is 1500. The number of carbonyl (C=O) groups is 1. The second-order valence-corrected chi connectivity index (χ2v) is 14.4. The van der Waals surface area contributed by atoms with Gasteiger partial charge in [0.2, 0.25) is 0 Å². The number of carbonyl (C=O) groups excluding carboxylic acids is 1. The second-order valence-electron chi connectivity index (χ2n) is 8.29. The third-order valence-electron chi connectivity index (χ3n) is 4.92. The van der Waals surface area contributed by atoms with Gasteiger partial charge in [-0.3, -0.25) is 18.1 Å². The van der Waals surface area contributed by atoms with E-state index in [1.807, 2.05) is 0 Å². The van der Waals surface area contributed by atoms with E-state index in [0.29, 0.717) is 21.8 Å². The van der Waals surface area contributed by atoms with Crippen LogP contribution >= 0.6 is 16.4 Å². The molecule has 0 aromatic heterocycles. The molecule has 16 heteroatoms. The molecule has 0 aliphatic heterocycles. The summed E-state index contributed by atoms with van der Waals surface area (Å²) < 4.78 is 94.3. The average Bonchev–Trinajstić information content (AvgIpc) is 2.90. The predicted octanol–water partition coefficient (Wildman–Crippen LogP) is 4.08. The van der Waals surface area contributed by atoms with E-state index >= 15 is 0 Å². The zero-order chi connectivity index (χ0) is 29.3. The fraction of sp³-hybridized carbons (Fsp3) is 0.208. The first-order valence-electron chi connectivity index (χ1n) is 11.5. The molecule has 3 atom stereocenters. The highest BCUT2D eigenvalue weighted by atomic mass is 32.2. The molecule has 0 bridgehead atoms. The van der Waals surface area contributed by atoms with Gasteiger partial charge in [-0.2, -0.15) is 21.3 Å². The highest BCUT2D eigenvalue weighted by molar-refractivity contribution is 7.86. The van der Waals surface area contributed by atoms with Gasteiger partial charge < -0.3 is 13.2 Å². The zero-order valence-electron chi connectivity index (χ0n) is 21.3. The van der Waals surface area contributed by atoms with E-state index in [1.54, 1.807) is 60.7 Å². The summed E-state index contributed by atoms with van der Waals surface area (Å²) in [5.74, 6) is -1.38. The SMILES string of the molecule is CS(=O)(=O)Oc1ccc(C(OS(C)(=O)=O)C(=O)N([PH](=O)OCc2ccccc2)[PH](=O)OCc2ccccc2)cc1. The molecule has 0 heterocycles. The van der Waals surface area contributed by atoms with E-state index in [4.69, 9.17) is 17.4 Å². The van der Waals surface area contributed by atoms with Crippen LogP contribution < -0.4 is 4.18 Å². The molecule has 1 amide bonds. The van der Waals surface area contributed by atoms with Gasteiger partial charge in [-0.25, -0.2) is 0 Å². The molecule has 0 fully saturated rings. The normalized spacial score (nSPS) is 14.2. The van der Waals surface area contributed by atoms with Gasteiger partial charge in [0.1, 0.15) is 5.75 Å². The van der Waals surface area contributed by atoms with Crippen LogP contribution in [0.1, 0.15) is 22.8 Å². The topological polar surface area (TPSA) is 160 Å². The molecular formula is C24H27NO11P2S2. The largest absolute Gasteiger partial charge is 0.383 e. The quantitative estimate of drug-likeness (QED) is 0.186. The monoisotopic (exact) mass is 631 g/mol. The van der Waals surface area contributed by atoms with Crippen LogP contribution in [-0.2, 0) is 60.6 Å². The van der Waals surface area contributed by atoms with E-state index in [9.17, 15) is 30.8 Å². The fourth-order valence-corrected chi connectivity index (χ4v) is 6.65. The number of nitrogens with zero attached hydrogens (tertiary/aromatic N) is 1. The highest BCUT2D eigenvalue weighted by Gasteiger charge is 2.36. The Morgan fingerprint density at radius 1 is 0.725 bits per heavy atom. The van der Waals surface area contributed by atoms with Crippen molar-refractivity contribution in [1.29, 1.82) is 0 Å². The zero-order valence-corrected chi connectivity index (χ0v) is 25.0. The van der Waals surface area contributed by atoms with Crippen LogP contribution in [0.5, 0.6) is 5.75 Å². The predicted molar refractivity (Wildman–Crippen MR) is 148 cm³/mol. The van der Waals surface area contributed by atoms with Crippen molar-refractivity contribution in [3.63, 3.8) is 0 Å². The smallest absolute Gasteiger partial charge is 0.306 e. The van der Waals surface area contributed by atoms with E-state index < -0.39 is 48.6 Å². The minimum Gasteiger partial charge on any atom is -0.383 e. The number of rotatable bonds is 14. The molecular weight excluding hydrogens is 604 g/mol. The standard InChI is InChI=1S/C24H27NO11P2S2/c1-39(29,30)35-22-15-13-21(14-16-22)23(36-40(2,31)32)24(26)25(37(27)33-17-19-9-5-3-6-10-19)38(28)34-18-20-11-7-4-8-12-20/h3-16,23,37-38H,17-18H2,1-2H3. The number of hydrogen-bond acceptors (Lipinski definition) is 11. The van der Waals surface area contributed by atoms with Gasteiger partial charge in [0, 0.05) is 0 Å². The lowest BCUT2D eigenvalue weighted by molar-refractivity contribution is -0.131. The summed E-state index contributed by atoms with van der Waals surface area (Å²) in [7, 11) is -15.4.